The van der Waals surface area contributed by atoms with Gasteiger partial charge < -0.3 is 10.2 Å². The first-order chi connectivity index (χ1) is 9.25. The monoisotopic (exact) mass is 277 g/mol. The van der Waals surface area contributed by atoms with Gasteiger partial charge in [0, 0.05) is 12.1 Å². The van der Waals surface area contributed by atoms with Gasteiger partial charge in [-0.25, -0.2) is 0 Å². The Morgan fingerprint density at radius 3 is 2.15 bits per heavy atom. The van der Waals surface area contributed by atoms with Crippen molar-refractivity contribution in [1.82, 2.24) is 15.1 Å². The van der Waals surface area contributed by atoms with Crippen LogP contribution >= 0.6 is 0 Å². The maximum Gasteiger partial charge on any atom is 0.242 e. The molecule has 0 heterocycles. The van der Waals surface area contributed by atoms with E-state index in [1.807, 2.05) is 63.4 Å². The topological polar surface area (TPSA) is 35.6 Å². The molecule has 0 radical (unpaired) electrons. The van der Waals surface area contributed by atoms with Gasteiger partial charge in [0.25, 0.3) is 0 Å². The largest absolute Gasteiger partial charge is 0.353 e. The van der Waals surface area contributed by atoms with Gasteiger partial charge in [-0.15, -0.1) is 0 Å². The predicted octanol–water partition coefficient (Wildman–Crippen LogP) is 1.75. The van der Waals surface area contributed by atoms with Crippen molar-refractivity contribution in [3.8, 4) is 0 Å². The number of nitrogens with zero attached hydrogens (tertiary/aromatic N) is 2. The number of carbonyl (C=O) groups excluding carboxylic acids is 1. The van der Waals surface area contributed by atoms with Gasteiger partial charge in [0.15, 0.2) is 0 Å². The highest BCUT2D eigenvalue weighted by molar-refractivity contribution is 5.83. The van der Waals surface area contributed by atoms with E-state index in [9.17, 15) is 4.79 Å². The van der Waals surface area contributed by atoms with Crippen molar-refractivity contribution in [2.45, 2.75) is 25.4 Å². The van der Waals surface area contributed by atoms with Crippen LogP contribution in [0.3, 0.4) is 0 Å². The molecular formula is C16H27N3O. The summed E-state index contributed by atoms with van der Waals surface area (Å²) in [4.78, 5) is 16.5. The Hall–Kier alpha value is -1.39. The van der Waals surface area contributed by atoms with Crippen molar-refractivity contribution in [3.63, 3.8) is 0 Å². The van der Waals surface area contributed by atoms with E-state index in [2.05, 4.69) is 24.1 Å². The van der Waals surface area contributed by atoms with Gasteiger partial charge >= 0.3 is 0 Å². The lowest BCUT2D eigenvalue weighted by Crippen LogP contribution is -2.50. The molecule has 1 aromatic carbocycles. The van der Waals surface area contributed by atoms with Crippen LogP contribution in [0.2, 0.25) is 0 Å². The van der Waals surface area contributed by atoms with Crippen molar-refractivity contribution in [2.24, 2.45) is 0 Å². The van der Waals surface area contributed by atoms with Crippen molar-refractivity contribution >= 4 is 5.91 Å². The van der Waals surface area contributed by atoms with Gasteiger partial charge in [-0.05, 0) is 47.6 Å². The Kier molecular flexibility index (Phi) is 5.72. The molecule has 1 atom stereocenters. The Bertz CT molecular complexity index is 427. The van der Waals surface area contributed by atoms with Crippen LogP contribution < -0.4 is 5.32 Å². The van der Waals surface area contributed by atoms with Crippen LogP contribution in [0.25, 0.3) is 0 Å². The van der Waals surface area contributed by atoms with Crippen LogP contribution in [0, 0.1) is 0 Å². The first kappa shape index (κ1) is 16.7. The maximum atomic E-state index is 12.5. The van der Waals surface area contributed by atoms with Gasteiger partial charge in [0.2, 0.25) is 5.91 Å². The van der Waals surface area contributed by atoms with Crippen LogP contribution in [-0.2, 0) is 4.79 Å². The SMILES string of the molecule is CN(C)C(C(=O)NCC(C)(C)N(C)C)c1ccccc1. The molecule has 0 spiro atoms. The number of amides is 1. The second-order valence-electron chi connectivity index (χ2n) is 6.20. The Morgan fingerprint density at radius 2 is 1.70 bits per heavy atom. The summed E-state index contributed by atoms with van der Waals surface area (Å²) in [6, 6.07) is 9.60. The fraction of sp³-hybridized carbons (Fsp3) is 0.562. The highest BCUT2D eigenvalue weighted by Crippen LogP contribution is 2.18. The van der Waals surface area contributed by atoms with E-state index in [0.717, 1.165) is 5.56 Å². The second kappa shape index (κ2) is 6.86. The minimum absolute atomic E-state index is 0.0381. The molecule has 1 amide bonds. The van der Waals surface area contributed by atoms with E-state index >= 15 is 0 Å². The molecule has 0 aliphatic carbocycles. The number of carbonyl (C=O) groups is 1. The molecule has 0 fully saturated rings. The van der Waals surface area contributed by atoms with Crippen LogP contribution in [-0.4, -0.2) is 56.0 Å². The zero-order valence-electron chi connectivity index (χ0n) is 13.5. The summed E-state index contributed by atoms with van der Waals surface area (Å²) in [5.41, 5.74) is 0.945. The molecule has 20 heavy (non-hydrogen) atoms. The number of hydrogen-bond donors (Lipinski definition) is 1. The molecule has 1 aromatic rings. The minimum atomic E-state index is -0.255. The summed E-state index contributed by atoms with van der Waals surface area (Å²) in [6.45, 7) is 4.84. The molecule has 1 unspecified atom stereocenters. The molecule has 1 rings (SSSR count). The Labute approximate surface area is 122 Å². The number of likely N-dealkylation sites (N-methyl/N-ethyl adjacent to an activating group) is 2. The highest BCUT2D eigenvalue weighted by atomic mass is 16.2. The van der Waals surface area contributed by atoms with E-state index < -0.39 is 0 Å². The van der Waals surface area contributed by atoms with Crippen LogP contribution in [0.1, 0.15) is 25.5 Å². The zero-order valence-corrected chi connectivity index (χ0v) is 13.5. The van der Waals surface area contributed by atoms with E-state index in [-0.39, 0.29) is 17.5 Å². The lowest BCUT2D eigenvalue weighted by atomic mass is 10.0. The maximum absolute atomic E-state index is 12.5. The molecule has 112 valence electrons. The molecule has 0 aromatic heterocycles. The second-order valence-corrected chi connectivity index (χ2v) is 6.20. The summed E-state index contributed by atoms with van der Waals surface area (Å²) in [7, 11) is 7.89. The van der Waals surface area contributed by atoms with Gasteiger partial charge in [0.05, 0.1) is 0 Å². The molecule has 0 aliphatic heterocycles. The number of hydrogen-bond acceptors (Lipinski definition) is 3. The Balaban J connectivity index is 2.77. The van der Waals surface area contributed by atoms with Gasteiger partial charge in [0.1, 0.15) is 6.04 Å². The first-order valence-electron chi connectivity index (χ1n) is 6.92. The molecule has 0 saturated carbocycles. The molecule has 4 nitrogen and oxygen atoms in total. The molecule has 0 saturated heterocycles. The molecule has 4 heteroatoms. The summed E-state index contributed by atoms with van der Waals surface area (Å²) >= 11 is 0. The smallest absolute Gasteiger partial charge is 0.242 e. The fourth-order valence-corrected chi connectivity index (χ4v) is 1.88. The third-order valence-electron chi connectivity index (χ3n) is 3.79. The quantitative estimate of drug-likeness (QED) is 0.860. The fourth-order valence-electron chi connectivity index (χ4n) is 1.88. The third kappa shape index (κ3) is 4.32. The third-order valence-corrected chi connectivity index (χ3v) is 3.79. The highest BCUT2D eigenvalue weighted by Gasteiger charge is 2.26. The van der Waals surface area contributed by atoms with Crippen LogP contribution in [0.5, 0.6) is 0 Å². The normalized spacial score (nSPS) is 13.6. The lowest BCUT2D eigenvalue weighted by molar-refractivity contribution is -0.126. The number of rotatable bonds is 6. The molecule has 0 aliphatic rings. The lowest BCUT2D eigenvalue weighted by Gasteiger charge is -2.34. The summed E-state index contributed by atoms with van der Waals surface area (Å²) in [5, 5.41) is 3.06. The van der Waals surface area contributed by atoms with Gasteiger partial charge in [-0.2, -0.15) is 0 Å². The first-order valence-corrected chi connectivity index (χ1v) is 6.92. The average molecular weight is 277 g/mol. The average Bonchev–Trinajstić information content (AvgIpc) is 2.37. The van der Waals surface area contributed by atoms with Crippen molar-refractivity contribution in [2.75, 3.05) is 34.7 Å². The number of nitrogens with one attached hydrogen (secondary N) is 1. The summed E-state index contributed by atoms with van der Waals surface area (Å²) in [5.74, 6) is 0.0381. The van der Waals surface area contributed by atoms with E-state index in [4.69, 9.17) is 0 Å². The molecule has 0 bridgehead atoms. The standard InChI is InChI=1S/C16H27N3O/c1-16(2,19(5)6)12-17-15(20)14(18(3)4)13-10-8-7-9-11-13/h7-11,14H,12H2,1-6H3,(H,17,20). The summed E-state index contributed by atoms with van der Waals surface area (Å²) < 4.78 is 0. The van der Waals surface area contributed by atoms with E-state index in [1.54, 1.807) is 0 Å². The number of benzene rings is 1. The van der Waals surface area contributed by atoms with Gasteiger partial charge in [-0.1, -0.05) is 30.3 Å². The van der Waals surface area contributed by atoms with Crippen molar-refractivity contribution < 1.29 is 4.79 Å². The molecule has 1 N–H and O–H groups in total. The summed E-state index contributed by atoms with van der Waals surface area (Å²) in [6.07, 6.45) is 0. The van der Waals surface area contributed by atoms with Crippen LogP contribution in [0.15, 0.2) is 30.3 Å². The van der Waals surface area contributed by atoms with Crippen molar-refractivity contribution in [3.05, 3.63) is 35.9 Å². The zero-order chi connectivity index (χ0) is 15.3. The van der Waals surface area contributed by atoms with Crippen molar-refractivity contribution in [1.29, 1.82) is 0 Å². The Morgan fingerprint density at radius 1 is 1.15 bits per heavy atom. The van der Waals surface area contributed by atoms with E-state index in [1.165, 1.54) is 0 Å². The molecular weight excluding hydrogens is 250 g/mol. The van der Waals surface area contributed by atoms with Crippen LogP contribution in [0.4, 0.5) is 0 Å². The van der Waals surface area contributed by atoms with E-state index in [0.29, 0.717) is 6.54 Å². The van der Waals surface area contributed by atoms with Gasteiger partial charge in [-0.3, -0.25) is 9.69 Å². The minimum Gasteiger partial charge on any atom is -0.353 e. The predicted molar refractivity (Wildman–Crippen MR) is 83.6 cm³/mol.